The fourth-order valence-corrected chi connectivity index (χ4v) is 3.71. The first-order valence-electron chi connectivity index (χ1n) is 5.68. The Morgan fingerprint density at radius 2 is 1.77 bits per heavy atom. The molecule has 0 radical (unpaired) electrons. The molecule has 0 N–H and O–H groups in total. The molecule has 0 aromatic heterocycles. The highest BCUT2D eigenvalue weighted by Gasteiger charge is 2.48. The van der Waals surface area contributed by atoms with E-state index in [-0.39, 0.29) is 5.41 Å². The van der Waals surface area contributed by atoms with Crippen LogP contribution in [0.1, 0.15) is 52.4 Å². The predicted molar refractivity (Wildman–Crippen MR) is 53.5 cm³/mol. The number of hydrogen-bond donors (Lipinski definition) is 0. The number of rotatable bonds is 1. The minimum absolute atomic E-state index is 0.0984. The Kier molecular flexibility index (Phi) is 2.21. The SMILES string of the molecule is CC(=O)C12CCCC(CCC1)C2C. The first kappa shape index (κ1) is 9.23. The molecule has 1 heteroatoms. The van der Waals surface area contributed by atoms with Crippen LogP contribution in [0.2, 0.25) is 0 Å². The maximum atomic E-state index is 11.7. The minimum atomic E-state index is 0.0984. The van der Waals surface area contributed by atoms with Crippen LogP contribution in [-0.2, 0) is 4.79 Å². The maximum Gasteiger partial charge on any atom is 0.136 e. The lowest BCUT2D eigenvalue weighted by atomic mass is 9.54. The molecule has 2 aliphatic carbocycles. The zero-order valence-electron chi connectivity index (χ0n) is 8.81. The summed E-state index contributed by atoms with van der Waals surface area (Å²) in [6.45, 7) is 4.12. The zero-order valence-corrected chi connectivity index (χ0v) is 8.81. The molecule has 2 saturated carbocycles. The molecule has 0 heterocycles. The van der Waals surface area contributed by atoms with Gasteiger partial charge in [-0.25, -0.2) is 0 Å². The molecule has 2 fully saturated rings. The Balaban J connectivity index is 2.28. The van der Waals surface area contributed by atoms with Gasteiger partial charge in [0.2, 0.25) is 0 Å². The fraction of sp³-hybridized carbons (Fsp3) is 0.917. The van der Waals surface area contributed by atoms with Gasteiger partial charge in [0.15, 0.2) is 0 Å². The van der Waals surface area contributed by atoms with Crippen LogP contribution in [-0.4, -0.2) is 5.78 Å². The number of ketones is 1. The van der Waals surface area contributed by atoms with E-state index in [1.54, 1.807) is 0 Å². The molecule has 1 atom stereocenters. The van der Waals surface area contributed by atoms with Crippen molar-refractivity contribution in [3.63, 3.8) is 0 Å². The lowest BCUT2D eigenvalue weighted by Gasteiger charge is -2.49. The molecule has 13 heavy (non-hydrogen) atoms. The van der Waals surface area contributed by atoms with Crippen LogP contribution < -0.4 is 0 Å². The Bertz CT molecular complexity index is 209. The minimum Gasteiger partial charge on any atom is -0.299 e. The molecule has 1 unspecified atom stereocenters. The molecule has 74 valence electrons. The van der Waals surface area contributed by atoms with Crippen LogP contribution >= 0.6 is 0 Å². The van der Waals surface area contributed by atoms with Crippen molar-refractivity contribution in [2.24, 2.45) is 17.3 Å². The standard InChI is InChI=1S/C12H20O/c1-9-11-5-3-7-12(9,10(2)13)8-4-6-11/h9,11H,3-8H2,1-2H3. The van der Waals surface area contributed by atoms with E-state index >= 15 is 0 Å². The Hall–Kier alpha value is -0.330. The number of hydrogen-bond acceptors (Lipinski definition) is 1. The van der Waals surface area contributed by atoms with E-state index in [4.69, 9.17) is 0 Å². The van der Waals surface area contributed by atoms with E-state index in [0.717, 1.165) is 5.92 Å². The highest BCUT2D eigenvalue weighted by Crippen LogP contribution is 2.53. The topological polar surface area (TPSA) is 17.1 Å². The van der Waals surface area contributed by atoms with E-state index in [0.29, 0.717) is 11.7 Å². The molecule has 1 nitrogen and oxygen atoms in total. The molecule has 0 aromatic rings. The first-order valence-corrected chi connectivity index (χ1v) is 5.68. The van der Waals surface area contributed by atoms with E-state index < -0.39 is 0 Å². The van der Waals surface area contributed by atoms with Gasteiger partial charge in [0.05, 0.1) is 0 Å². The summed E-state index contributed by atoms with van der Waals surface area (Å²) >= 11 is 0. The summed E-state index contributed by atoms with van der Waals surface area (Å²) in [6, 6.07) is 0. The van der Waals surface area contributed by atoms with Crippen LogP contribution in [0.3, 0.4) is 0 Å². The van der Waals surface area contributed by atoms with Gasteiger partial charge in [0.25, 0.3) is 0 Å². The van der Waals surface area contributed by atoms with Gasteiger partial charge in [-0.2, -0.15) is 0 Å². The summed E-state index contributed by atoms with van der Waals surface area (Å²) in [4.78, 5) is 11.7. The van der Waals surface area contributed by atoms with Crippen molar-refractivity contribution >= 4 is 5.78 Å². The highest BCUT2D eigenvalue weighted by molar-refractivity contribution is 5.83. The Labute approximate surface area is 80.9 Å². The normalized spacial score (nSPS) is 44.5. The van der Waals surface area contributed by atoms with Gasteiger partial charge < -0.3 is 0 Å². The number of fused-ring (bicyclic) bond motifs is 2. The second-order valence-corrected chi connectivity index (χ2v) is 5.05. The molecular formula is C12H20O. The van der Waals surface area contributed by atoms with Gasteiger partial charge in [-0.15, -0.1) is 0 Å². The smallest absolute Gasteiger partial charge is 0.136 e. The second-order valence-electron chi connectivity index (χ2n) is 5.05. The van der Waals surface area contributed by atoms with E-state index in [1.807, 2.05) is 6.92 Å². The summed E-state index contributed by atoms with van der Waals surface area (Å²) in [6.07, 6.45) is 7.65. The van der Waals surface area contributed by atoms with Gasteiger partial charge in [-0.3, -0.25) is 4.79 Å². The van der Waals surface area contributed by atoms with Gasteiger partial charge in [-0.1, -0.05) is 32.6 Å². The van der Waals surface area contributed by atoms with Crippen LogP contribution in [0.15, 0.2) is 0 Å². The second kappa shape index (κ2) is 3.11. The van der Waals surface area contributed by atoms with Crippen molar-refractivity contribution in [1.29, 1.82) is 0 Å². The largest absolute Gasteiger partial charge is 0.299 e. The zero-order chi connectivity index (χ0) is 9.47. The van der Waals surface area contributed by atoms with Crippen molar-refractivity contribution < 1.29 is 4.79 Å². The highest BCUT2D eigenvalue weighted by atomic mass is 16.1. The van der Waals surface area contributed by atoms with Crippen molar-refractivity contribution in [3.05, 3.63) is 0 Å². The molecule has 0 saturated heterocycles. The fourth-order valence-electron chi connectivity index (χ4n) is 3.71. The lowest BCUT2D eigenvalue weighted by molar-refractivity contribution is -0.137. The van der Waals surface area contributed by atoms with E-state index in [1.165, 1.54) is 38.5 Å². The molecule has 2 aliphatic rings. The maximum absolute atomic E-state index is 11.7. The molecule has 0 aromatic carbocycles. The molecule has 0 aliphatic heterocycles. The third kappa shape index (κ3) is 1.24. The van der Waals surface area contributed by atoms with Crippen LogP contribution in [0.25, 0.3) is 0 Å². The molecule has 0 amide bonds. The van der Waals surface area contributed by atoms with Crippen LogP contribution in [0, 0.1) is 17.3 Å². The Morgan fingerprint density at radius 3 is 2.15 bits per heavy atom. The summed E-state index contributed by atoms with van der Waals surface area (Å²) in [5, 5.41) is 0. The molecular weight excluding hydrogens is 160 g/mol. The lowest BCUT2D eigenvalue weighted by Crippen LogP contribution is -2.45. The van der Waals surface area contributed by atoms with Gasteiger partial charge in [0.1, 0.15) is 5.78 Å². The summed E-state index contributed by atoms with van der Waals surface area (Å²) in [5.41, 5.74) is 0.0984. The summed E-state index contributed by atoms with van der Waals surface area (Å²) in [7, 11) is 0. The summed E-state index contributed by atoms with van der Waals surface area (Å²) in [5.74, 6) is 1.98. The van der Waals surface area contributed by atoms with Gasteiger partial charge >= 0.3 is 0 Å². The quantitative estimate of drug-likeness (QED) is 0.605. The van der Waals surface area contributed by atoms with Crippen molar-refractivity contribution in [2.75, 3.05) is 0 Å². The van der Waals surface area contributed by atoms with Crippen LogP contribution in [0.5, 0.6) is 0 Å². The van der Waals surface area contributed by atoms with Crippen molar-refractivity contribution in [1.82, 2.24) is 0 Å². The third-order valence-corrected chi connectivity index (χ3v) is 4.68. The molecule has 0 spiro atoms. The number of carbonyl (C=O) groups excluding carboxylic acids is 1. The monoisotopic (exact) mass is 180 g/mol. The van der Waals surface area contributed by atoms with Gasteiger partial charge in [-0.05, 0) is 31.6 Å². The number of carbonyl (C=O) groups is 1. The van der Waals surface area contributed by atoms with Gasteiger partial charge in [0, 0.05) is 5.41 Å². The molecule has 2 rings (SSSR count). The third-order valence-electron chi connectivity index (χ3n) is 4.68. The average Bonchev–Trinajstić information content (AvgIpc) is 2.03. The van der Waals surface area contributed by atoms with E-state index in [9.17, 15) is 4.79 Å². The first-order chi connectivity index (χ1) is 6.17. The van der Waals surface area contributed by atoms with Crippen molar-refractivity contribution in [3.8, 4) is 0 Å². The van der Waals surface area contributed by atoms with E-state index in [2.05, 4.69) is 6.92 Å². The average molecular weight is 180 g/mol. The van der Waals surface area contributed by atoms with Crippen molar-refractivity contribution in [2.45, 2.75) is 52.4 Å². The number of Topliss-reactive ketones (excluding diaryl/α,β-unsaturated/α-hetero) is 1. The molecule has 2 bridgehead atoms. The summed E-state index contributed by atoms with van der Waals surface area (Å²) < 4.78 is 0. The Morgan fingerprint density at radius 1 is 1.23 bits per heavy atom. The van der Waals surface area contributed by atoms with Crippen LogP contribution in [0.4, 0.5) is 0 Å². The predicted octanol–water partition coefficient (Wildman–Crippen LogP) is 3.18.